The summed E-state index contributed by atoms with van der Waals surface area (Å²) in [5.41, 5.74) is 5.71. The summed E-state index contributed by atoms with van der Waals surface area (Å²) in [6, 6.07) is 16.0. The highest BCUT2D eigenvalue weighted by atomic mass is 16.3. The van der Waals surface area contributed by atoms with Gasteiger partial charge in [-0.15, -0.1) is 0 Å². The van der Waals surface area contributed by atoms with Gasteiger partial charge in [0.25, 0.3) is 5.56 Å². The zero-order valence-electron chi connectivity index (χ0n) is 15.4. The number of nitrogens with zero attached hydrogens (tertiary/aromatic N) is 3. The molecule has 0 amide bonds. The maximum absolute atomic E-state index is 13.1. The van der Waals surface area contributed by atoms with Crippen LogP contribution in [0.1, 0.15) is 22.3 Å². The van der Waals surface area contributed by atoms with Crippen molar-refractivity contribution in [3.8, 4) is 11.3 Å². The van der Waals surface area contributed by atoms with Crippen LogP contribution < -0.4 is 5.56 Å². The van der Waals surface area contributed by atoms with Crippen LogP contribution in [0.3, 0.4) is 0 Å². The minimum absolute atomic E-state index is 0.158. The Morgan fingerprint density at radius 3 is 2.48 bits per heavy atom. The first-order valence-electron chi connectivity index (χ1n) is 8.91. The molecular formula is C22H21N3O2. The number of fused-ring (bicyclic) bond motifs is 1. The zero-order valence-corrected chi connectivity index (χ0v) is 15.4. The van der Waals surface area contributed by atoms with Gasteiger partial charge in [-0.2, -0.15) is 5.10 Å². The monoisotopic (exact) mass is 359 g/mol. The van der Waals surface area contributed by atoms with Crippen molar-refractivity contribution < 1.29 is 5.11 Å². The van der Waals surface area contributed by atoms with E-state index < -0.39 is 0 Å². The summed E-state index contributed by atoms with van der Waals surface area (Å²) in [6.45, 7) is 4.29. The maximum Gasteiger partial charge on any atom is 0.277 e. The maximum atomic E-state index is 13.1. The van der Waals surface area contributed by atoms with E-state index in [0.29, 0.717) is 23.3 Å². The summed E-state index contributed by atoms with van der Waals surface area (Å²) in [5.74, 6) is 0. The van der Waals surface area contributed by atoms with Gasteiger partial charge in [-0.05, 0) is 19.4 Å². The first-order chi connectivity index (χ1) is 13.1. The molecule has 4 aromatic rings. The van der Waals surface area contributed by atoms with Gasteiger partial charge < -0.3 is 9.67 Å². The molecular weight excluding hydrogens is 338 g/mol. The van der Waals surface area contributed by atoms with Crippen molar-refractivity contribution in [3.63, 3.8) is 0 Å². The van der Waals surface area contributed by atoms with Gasteiger partial charge in [0.15, 0.2) is 0 Å². The number of rotatable bonds is 4. The SMILES string of the molecule is Cc1ccc(-c2nn3ccn(Cc4cccc(C)c4)c(=O)c3c2CO)cc1. The van der Waals surface area contributed by atoms with Crippen molar-refractivity contribution in [2.75, 3.05) is 0 Å². The largest absolute Gasteiger partial charge is 0.392 e. The fraction of sp³-hybridized carbons (Fsp3) is 0.182. The lowest BCUT2D eigenvalue weighted by molar-refractivity contribution is 0.283. The third kappa shape index (κ3) is 3.17. The van der Waals surface area contributed by atoms with Gasteiger partial charge in [-0.25, -0.2) is 4.52 Å². The summed E-state index contributed by atoms with van der Waals surface area (Å²) in [5, 5.41) is 14.5. The van der Waals surface area contributed by atoms with Crippen molar-refractivity contribution in [3.05, 3.63) is 93.5 Å². The zero-order chi connectivity index (χ0) is 19.0. The molecule has 0 radical (unpaired) electrons. The molecule has 2 aromatic heterocycles. The average molecular weight is 359 g/mol. The Balaban J connectivity index is 1.85. The highest BCUT2D eigenvalue weighted by Crippen LogP contribution is 2.25. The predicted molar refractivity (Wildman–Crippen MR) is 106 cm³/mol. The second-order valence-electron chi connectivity index (χ2n) is 6.86. The molecule has 0 aliphatic rings. The van der Waals surface area contributed by atoms with Crippen LogP contribution in [-0.2, 0) is 13.2 Å². The van der Waals surface area contributed by atoms with Crippen LogP contribution >= 0.6 is 0 Å². The Labute approximate surface area is 157 Å². The number of hydrogen-bond acceptors (Lipinski definition) is 3. The fourth-order valence-electron chi connectivity index (χ4n) is 3.38. The lowest BCUT2D eigenvalue weighted by Crippen LogP contribution is -2.22. The van der Waals surface area contributed by atoms with Gasteiger partial charge in [-0.1, -0.05) is 59.7 Å². The highest BCUT2D eigenvalue weighted by Gasteiger charge is 2.17. The molecule has 0 unspecified atom stereocenters. The van der Waals surface area contributed by atoms with Gasteiger partial charge in [0, 0.05) is 23.5 Å². The number of hydrogen-bond donors (Lipinski definition) is 1. The van der Waals surface area contributed by atoms with E-state index in [1.807, 2.05) is 56.3 Å². The smallest absolute Gasteiger partial charge is 0.277 e. The molecule has 5 heteroatoms. The topological polar surface area (TPSA) is 59.5 Å². The van der Waals surface area contributed by atoms with Crippen LogP contribution in [0.15, 0.2) is 65.7 Å². The molecule has 0 saturated carbocycles. The first kappa shape index (κ1) is 17.2. The summed E-state index contributed by atoms with van der Waals surface area (Å²) in [6.07, 6.45) is 3.51. The number of aryl methyl sites for hydroxylation is 2. The van der Waals surface area contributed by atoms with Gasteiger partial charge >= 0.3 is 0 Å². The Hall–Kier alpha value is -3.18. The predicted octanol–water partition coefficient (Wildman–Crippen LogP) is 3.32. The Kier molecular flexibility index (Phi) is 4.38. The van der Waals surface area contributed by atoms with Crippen LogP contribution in [0.5, 0.6) is 0 Å². The molecule has 4 rings (SSSR count). The molecule has 0 bridgehead atoms. The van der Waals surface area contributed by atoms with E-state index in [-0.39, 0.29) is 12.2 Å². The average Bonchev–Trinajstić information content (AvgIpc) is 3.04. The van der Waals surface area contributed by atoms with E-state index >= 15 is 0 Å². The third-order valence-corrected chi connectivity index (χ3v) is 4.78. The van der Waals surface area contributed by atoms with Gasteiger partial charge in [-0.3, -0.25) is 4.79 Å². The normalized spacial score (nSPS) is 11.2. The Morgan fingerprint density at radius 2 is 1.78 bits per heavy atom. The molecule has 2 aromatic carbocycles. The second-order valence-corrected chi connectivity index (χ2v) is 6.86. The lowest BCUT2D eigenvalue weighted by Gasteiger charge is -2.07. The number of benzene rings is 2. The van der Waals surface area contributed by atoms with Gasteiger partial charge in [0.2, 0.25) is 0 Å². The summed E-state index contributed by atoms with van der Waals surface area (Å²) < 4.78 is 3.22. The van der Waals surface area contributed by atoms with E-state index in [1.54, 1.807) is 21.5 Å². The van der Waals surface area contributed by atoms with Crippen LogP contribution in [-0.4, -0.2) is 19.3 Å². The summed E-state index contributed by atoms with van der Waals surface area (Å²) in [4.78, 5) is 13.1. The molecule has 0 atom stereocenters. The molecule has 2 heterocycles. The van der Waals surface area contributed by atoms with Crippen LogP contribution in [0.25, 0.3) is 16.8 Å². The van der Waals surface area contributed by atoms with Gasteiger partial charge in [0.1, 0.15) is 5.52 Å². The second kappa shape index (κ2) is 6.85. The summed E-state index contributed by atoms with van der Waals surface area (Å²) in [7, 11) is 0. The molecule has 0 saturated heterocycles. The quantitative estimate of drug-likeness (QED) is 0.608. The number of aromatic nitrogens is 3. The third-order valence-electron chi connectivity index (χ3n) is 4.78. The number of aliphatic hydroxyl groups excluding tert-OH is 1. The first-order valence-corrected chi connectivity index (χ1v) is 8.91. The molecule has 0 aliphatic heterocycles. The van der Waals surface area contributed by atoms with E-state index in [1.165, 1.54) is 0 Å². The standard InChI is InChI=1S/C22H21N3O2/c1-15-6-8-18(9-7-15)20-19(14-26)21-22(27)24(10-11-25(21)23-20)13-17-5-3-4-16(2)12-17/h3-12,26H,13-14H2,1-2H3. The summed E-state index contributed by atoms with van der Waals surface area (Å²) >= 11 is 0. The fourth-order valence-corrected chi connectivity index (χ4v) is 3.38. The Morgan fingerprint density at radius 1 is 1.00 bits per heavy atom. The minimum Gasteiger partial charge on any atom is -0.392 e. The Bertz CT molecular complexity index is 1170. The van der Waals surface area contributed by atoms with Crippen LogP contribution in [0, 0.1) is 13.8 Å². The number of aliphatic hydroxyl groups is 1. The van der Waals surface area contributed by atoms with Crippen LogP contribution in [0.4, 0.5) is 0 Å². The molecule has 5 nitrogen and oxygen atoms in total. The molecule has 0 spiro atoms. The highest BCUT2D eigenvalue weighted by molar-refractivity contribution is 5.72. The van der Waals surface area contributed by atoms with E-state index in [4.69, 9.17) is 0 Å². The minimum atomic E-state index is -0.240. The van der Waals surface area contributed by atoms with Crippen molar-refractivity contribution in [1.82, 2.24) is 14.2 Å². The van der Waals surface area contributed by atoms with Crippen molar-refractivity contribution in [1.29, 1.82) is 0 Å². The molecule has 1 N–H and O–H groups in total. The van der Waals surface area contributed by atoms with E-state index in [0.717, 1.165) is 22.3 Å². The van der Waals surface area contributed by atoms with Crippen molar-refractivity contribution in [2.24, 2.45) is 0 Å². The molecule has 0 fully saturated rings. The molecule has 136 valence electrons. The van der Waals surface area contributed by atoms with Gasteiger partial charge in [0.05, 0.1) is 18.8 Å². The van der Waals surface area contributed by atoms with Crippen molar-refractivity contribution >= 4 is 5.52 Å². The molecule has 0 aliphatic carbocycles. The van der Waals surface area contributed by atoms with Crippen molar-refractivity contribution in [2.45, 2.75) is 27.0 Å². The van der Waals surface area contributed by atoms with E-state index in [9.17, 15) is 9.90 Å². The molecule has 27 heavy (non-hydrogen) atoms. The van der Waals surface area contributed by atoms with E-state index in [2.05, 4.69) is 11.2 Å². The lowest BCUT2D eigenvalue weighted by atomic mass is 10.1. The van der Waals surface area contributed by atoms with Crippen LogP contribution in [0.2, 0.25) is 0 Å².